The van der Waals surface area contributed by atoms with Crippen LogP contribution in [0, 0.1) is 6.92 Å². The van der Waals surface area contributed by atoms with Gasteiger partial charge in [-0.1, -0.05) is 0 Å². The molecule has 1 aromatic rings. The van der Waals surface area contributed by atoms with E-state index in [0.29, 0.717) is 19.0 Å². The SMILES string of the molecule is Cc1ccn(CCC(=O)N2CCN(C(C)C)CC2)n1. The highest BCUT2D eigenvalue weighted by Crippen LogP contribution is 2.07. The second kappa shape index (κ2) is 6.19. The van der Waals surface area contributed by atoms with E-state index in [2.05, 4.69) is 23.8 Å². The molecule has 2 heterocycles. The zero-order valence-electron chi connectivity index (χ0n) is 12.2. The number of nitrogens with zero attached hydrogens (tertiary/aromatic N) is 4. The molecule has 5 heteroatoms. The maximum Gasteiger partial charge on any atom is 0.224 e. The van der Waals surface area contributed by atoms with E-state index in [0.717, 1.165) is 31.9 Å². The largest absolute Gasteiger partial charge is 0.340 e. The smallest absolute Gasteiger partial charge is 0.224 e. The summed E-state index contributed by atoms with van der Waals surface area (Å²) in [5, 5.41) is 4.30. The van der Waals surface area contributed by atoms with Gasteiger partial charge in [0.25, 0.3) is 0 Å². The van der Waals surface area contributed by atoms with Gasteiger partial charge in [-0.15, -0.1) is 0 Å². The van der Waals surface area contributed by atoms with Gasteiger partial charge in [-0.3, -0.25) is 14.4 Å². The number of piperazine rings is 1. The van der Waals surface area contributed by atoms with Crippen LogP contribution < -0.4 is 0 Å². The lowest BCUT2D eigenvalue weighted by atomic mass is 10.2. The molecule has 0 aliphatic carbocycles. The first kappa shape index (κ1) is 14.1. The van der Waals surface area contributed by atoms with Crippen LogP contribution in [0.3, 0.4) is 0 Å². The van der Waals surface area contributed by atoms with Gasteiger partial charge in [0.1, 0.15) is 0 Å². The third-order valence-electron chi connectivity index (χ3n) is 3.73. The van der Waals surface area contributed by atoms with E-state index in [1.54, 1.807) is 0 Å². The average molecular weight is 264 g/mol. The molecule has 1 aromatic heterocycles. The van der Waals surface area contributed by atoms with Crippen LogP contribution in [0.5, 0.6) is 0 Å². The Bertz CT molecular complexity index is 419. The molecule has 0 saturated carbocycles. The van der Waals surface area contributed by atoms with Crippen molar-refractivity contribution in [2.24, 2.45) is 0 Å². The van der Waals surface area contributed by atoms with Crippen LogP contribution >= 0.6 is 0 Å². The second-order valence-electron chi connectivity index (χ2n) is 5.48. The molecular formula is C14H24N4O. The standard InChI is InChI=1S/C14H24N4O/c1-12(2)16-8-10-17(11-9-16)14(19)5-7-18-6-4-13(3)15-18/h4,6,12H,5,7-11H2,1-3H3. The molecule has 1 fully saturated rings. The Balaban J connectivity index is 1.75. The van der Waals surface area contributed by atoms with Gasteiger partial charge in [0.15, 0.2) is 0 Å². The van der Waals surface area contributed by atoms with Crippen LogP contribution in [0.2, 0.25) is 0 Å². The van der Waals surface area contributed by atoms with E-state index in [1.807, 2.05) is 28.8 Å². The summed E-state index contributed by atoms with van der Waals surface area (Å²) >= 11 is 0. The average Bonchev–Trinajstić information content (AvgIpc) is 2.82. The van der Waals surface area contributed by atoms with Gasteiger partial charge in [0.05, 0.1) is 5.69 Å². The number of hydrogen-bond donors (Lipinski definition) is 0. The van der Waals surface area contributed by atoms with Gasteiger partial charge >= 0.3 is 0 Å². The summed E-state index contributed by atoms with van der Waals surface area (Å²) in [6.07, 6.45) is 2.47. The first-order chi connectivity index (χ1) is 9.06. The number of carbonyl (C=O) groups excluding carboxylic acids is 1. The number of amides is 1. The first-order valence-corrected chi connectivity index (χ1v) is 7.08. The highest BCUT2D eigenvalue weighted by Gasteiger charge is 2.21. The molecule has 1 aliphatic heterocycles. The molecule has 0 spiro atoms. The molecule has 19 heavy (non-hydrogen) atoms. The zero-order valence-corrected chi connectivity index (χ0v) is 12.2. The van der Waals surface area contributed by atoms with Crippen molar-refractivity contribution >= 4 is 5.91 Å². The monoisotopic (exact) mass is 264 g/mol. The molecule has 0 atom stereocenters. The molecule has 1 amide bonds. The number of rotatable bonds is 4. The molecular weight excluding hydrogens is 240 g/mol. The molecule has 1 saturated heterocycles. The van der Waals surface area contributed by atoms with Crippen LogP contribution in [0.4, 0.5) is 0 Å². The van der Waals surface area contributed by atoms with Crippen LogP contribution in [-0.4, -0.2) is 57.7 Å². The van der Waals surface area contributed by atoms with Crippen molar-refractivity contribution in [3.05, 3.63) is 18.0 Å². The summed E-state index contributed by atoms with van der Waals surface area (Å²) in [6, 6.07) is 2.54. The Morgan fingerprint density at radius 2 is 2.00 bits per heavy atom. The van der Waals surface area contributed by atoms with Crippen molar-refractivity contribution in [2.45, 2.75) is 39.8 Å². The van der Waals surface area contributed by atoms with E-state index < -0.39 is 0 Å². The van der Waals surface area contributed by atoms with Crippen LogP contribution in [-0.2, 0) is 11.3 Å². The highest BCUT2D eigenvalue weighted by molar-refractivity contribution is 5.76. The fraction of sp³-hybridized carbons (Fsp3) is 0.714. The molecule has 0 aromatic carbocycles. The van der Waals surface area contributed by atoms with Crippen LogP contribution in [0.15, 0.2) is 12.3 Å². The molecule has 0 unspecified atom stereocenters. The van der Waals surface area contributed by atoms with E-state index in [4.69, 9.17) is 0 Å². The lowest BCUT2D eigenvalue weighted by Crippen LogP contribution is -2.50. The van der Waals surface area contributed by atoms with Crippen molar-refractivity contribution in [3.8, 4) is 0 Å². The van der Waals surface area contributed by atoms with E-state index in [1.165, 1.54) is 0 Å². The lowest BCUT2D eigenvalue weighted by Gasteiger charge is -2.37. The fourth-order valence-corrected chi connectivity index (χ4v) is 2.44. The third-order valence-corrected chi connectivity index (χ3v) is 3.73. The van der Waals surface area contributed by atoms with Crippen molar-refractivity contribution in [1.82, 2.24) is 19.6 Å². The van der Waals surface area contributed by atoms with Gasteiger partial charge in [0.2, 0.25) is 5.91 Å². The summed E-state index contributed by atoms with van der Waals surface area (Å²) in [5.74, 6) is 0.247. The number of aryl methyl sites for hydroxylation is 2. The minimum Gasteiger partial charge on any atom is -0.340 e. The molecule has 0 N–H and O–H groups in total. The molecule has 2 rings (SSSR count). The Morgan fingerprint density at radius 3 is 2.53 bits per heavy atom. The summed E-state index contributed by atoms with van der Waals surface area (Å²) in [5.41, 5.74) is 0.998. The van der Waals surface area contributed by atoms with Gasteiger partial charge in [-0.05, 0) is 26.8 Å². The summed E-state index contributed by atoms with van der Waals surface area (Å²) < 4.78 is 1.84. The Hall–Kier alpha value is -1.36. The van der Waals surface area contributed by atoms with Gasteiger partial charge in [0, 0.05) is 51.4 Å². The van der Waals surface area contributed by atoms with Gasteiger partial charge in [-0.25, -0.2) is 0 Å². The predicted molar refractivity (Wildman–Crippen MR) is 74.9 cm³/mol. The molecule has 106 valence electrons. The molecule has 1 aliphatic rings. The Morgan fingerprint density at radius 1 is 1.32 bits per heavy atom. The summed E-state index contributed by atoms with van der Waals surface area (Å²) in [6.45, 7) is 10.7. The Labute approximate surface area is 115 Å². The van der Waals surface area contributed by atoms with Gasteiger partial charge < -0.3 is 4.90 Å². The Kier molecular flexibility index (Phi) is 4.58. The van der Waals surface area contributed by atoms with E-state index >= 15 is 0 Å². The summed E-state index contributed by atoms with van der Waals surface area (Å²) in [7, 11) is 0. The van der Waals surface area contributed by atoms with Crippen molar-refractivity contribution in [3.63, 3.8) is 0 Å². The number of hydrogen-bond acceptors (Lipinski definition) is 3. The number of carbonyl (C=O) groups is 1. The minimum absolute atomic E-state index is 0.247. The van der Waals surface area contributed by atoms with E-state index in [9.17, 15) is 4.79 Å². The second-order valence-corrected chi connectivity index (χ2v) is 5.48. The van der Waals surface area contributed by atoms with Crippen molar-refractivity contribution in [2.75, 3.05) is 26.2 Å². The number of aromatic nitrogens is 2. The van der Waals surface area contributed by atoms with E-state index in [-0.39, 0.29) is 5.91 Å². The van der Waals surface area contributed by atoms with Crippen LogP contribution in [0.1, 0.15) is 26.0 Å². The topological polar surface area (TPSA) is 41.4 Å². The maximum absolute atomic E-state index is 12.1. The molecule has 5 nitrogen and oxygen atoms in total. The van der Waals surface area contributed by atoms with Crippen molar-refractivity contribution in [1.29, 1.82) is 0 Å². The van der Waals surface area contributed by atoms with Crippen molar-refractivity contribution < 1.29 is 4.79 Å². The van der Waals surface area contributed by atoms with Crippen LogP contribution in [0.25, 0.3) is 0 Å². The zero-order chi connectivity index (χ0) is 13.8. The fourth-order valence-electron chi connectivity index (χ4n) is 2.44. The lowest BCUT2D eigenvalue weighted by molar-refractivity contribution is -0.133. The third kappa shape index (κ3) is 3.80. The summed E-state index contributed by atoms with van der Waals surface area (Å²) in [4.78, 5) is 16.5. The normalized spacial score (nSPS) is 17.2. The first-order valence-electron chi connectivity index (χ1n) is 7.08. The minimum atomic E-state index is 0.247. The maximum atomic E-state index is 12.1. The molecule has 0 bridgehead atoms. The molecule has 0 radical (unpaired) electrons. The van der Waals surface area contributed by atoms with Gasteiger partial charge in [-0.2, -0.15) is 5.10 Å². The predicted octanol–water partition coefficient (Wildman–Crippen LogP) is 1.13. The highest BCUT2D eigenvalue weighted by atomic mass is 16.2. The quantitative estimate of drug-likeness (QED) is 0.819.